The molecule has 0 rings (SSSR count). The van der Waals surface area contributed by atoms with Crippen LogP contribution in [0, 0.1) is 0 Å². The number of halogens is 4. The fourth-order valence-electron chi connectivity index (χ4n) is 0. The van der Waals surface area contributed by atoms with Crippen LogP contribution in [0.25, 0.3) is 0 Å². The Balaban J connectivity index is -0.0000000369. The summed E-state index contributed by atoms with van der Waals surface area (Å²) in [4.78, 5) is 33.6. The van der Waals surface area contributed by atoms with Crippen molar-refractivity contribution in [1.29, 1.82) is 0 Å². The van der Waals surface area contributed by atoms with E-state index < -0.39 is 37.0 Å². The third-order valence-corrected chi connectivity index (χ3v) is 0. The maximum atomic E-state index is 9.99. The molecule has 0 amide bonds. The van der Waals surface area contributed by atoms with Crippen LogP contribution in [0.3, 0.4) is 0 Å². The molecule has 0 aliphatic carbocycles. The van der Waals surface area contributed by atoms with Gasteiger partial charge in [-0.2, -0.15) is 0 Å². The molecule has 0 aliphatic rings. The Morgan fingerprint density at radius 1 is 0.529 bits per heavy atom. The predicted molar refractivity (Wildman–Crippen MR) is 35.9 cm³/mol. The van der Waals surface area contributed by atoms with E-state index in [0.29, 0.717) is 0 Å². The zero-order valence-corrected chi connectivity index (χ0v) is 13.4. The third kappa shape index (κ3) is 12900. The first-order valence-corrected chi connectivity index (χ1v) is 7.17. The van der Waals surface area contributed by atoms with E-state index >= 15 is 0 Å². The summed E-state index contributed by atoms with van der Waals surface area (Å²) in [7, 11) is -15.5. The first-order valence-electron chi connectivity index (χ1n) is 2.39. The van der Waals surface area contributed by atoms with Crippen molar-refractivity contribution in [3.05, 3.63) is 0 Å². The summed E-state index contributed by atoms with van der Waals surface area (Å²) in [5, 5.41) is 0. The van der Waals surface area contributed by atoms with E-state index in [2.05, 4.69) is 0 Å². The molecule has 0 aliphatic heterocycles. The smallest absolute Gasteiger partial charge is 0.560 e. The maximum absolute atomic E-state index is 9.99. The quantitative estimate of drug-likeness (QED) is 0.225. The van der Waals surface area contributed by atoms with Crippen molar-refractivity contribution >= 4 is 54.6 Å². The molecule has 96 valence electrons. The van der Waals surface area contributed by atoms with Crippen molar-refractivity contribution in [2.45, 2.75) is 0 Å². The van der Waals surface area contributed by atoms with Crippen LogP contribution in [0.4, 0.5) is 16.4 Å². The van der Waals surface area contributed by atoms with Gasteiger partial charge in [-0.3, -0.25) is 16.4 Å². The van der Waals surface area contributed by atoms with Crippen LogP contribution >= 0.6 is 0 Å². The summed E-state index contributed by atoms with van der Waals surface area (Å²) < 4.78 is 73.6. The van der Waals surface area contributed by atoms with Crippen LogP contribution < -0.4 is 19.2 Å². The summed E-state index contributed by atoms with van der Waals surface area (Å²) >= 11 is 0. The van der Waals surface area contributed by atoms with Gasteiger partial charge in [0, 0.05) is 0 Å². The Bertz CT molecular complexity index is 170. The molecule has 0 saturated heterocycles. The van der Waals surface area contributed by atoms with Crippen molar-refractivity contribution in [2.75, 3.05) is 0 Å². The molecular weight excluding hydrogens is 389 g/mol. The largest absolute Gasteiger partial charge is 4.00 e. The molecule has 0 atom stereocenters. The van der Waals surface area contributed by atoms with Crippen molar-refractivity contribution < 1.29 is 53.5 Å². The average Bonchev–Trinajstić information content (AvgIpc) is 1.76. The summed E-state index contributed by atoms with van der Waals surface area (Å²) in [5.74, 6) is 0. The van der Waals surface area contributed by atoms with E-state index in [4.69, 9.17) is 37.0 Å². The molecule has 8 nitrogen and oxygen atoms in total. The molecule has 0 spiro atoms. The molecule has 17 heteroatoms. The second-order valence-electron chi connectivity index (χ2n) is 0.951. The molecule has 0 radical (unpaired) electrons. The van der Waals surface area contributed by atoms with Crippen LogP contribution in [-0.4, -0.2) is 54.6 Å². The molecule has 17 heavy (non-hydrogen) atoms. The number of rotatable bonds is 0. The van der Waals surface area contributed by atoms with E-state index in [0.717, 1.165) is 0 Å². The molecule has 0 bridgehead atoms. The van der Waals surface area contributed by atoms with Gasteiger partial charge in [-0.15, -0.1) is 0 Å². The van der Waals surface area contributed by atoms with Gasteiger partial charge in [0.1, 0.15) is 0 Å². The van der Waals surface area contributed by atoms with Gasteiger partial charge in [0.2, 0.25) is 0 Å². The first-order chi connectivity index (χ1) is 6.93. The van der Waals surface area contributed by atoms with Gasteiger partial charge >= 0.3 is 54.6 Å². The van der Waals surface area contributed by atoms with E-state index in [-0.39, 0.29) is 17.6 Å². The number of hydrogen-bond donors (Lipinski definition) is 0. The Kier molecular flexibility index (Phi) is 43.5. The van der Waals surface area contributed by atoms with Crippen molar-refractivity contribution in [2.24, 2.45) is 0 Å². The SMILES string of the molecule is O=[Si]([O-])F.O=[Si]([O-])F.O=[Si]([O-])F.O=[Si]([O-])F.[Ge+4]. The summed E-state index contributed by atoms with van der Waals surface area (Å²) in [6.07, 6.45) is 0. The Hall–Kier alpha value is -0.470. The summed E-state index contributed by atoms with van der Waals surface area (Å²) in [6, 6.07) is 0. The third-order valence-electron chi connectivity index (χ3n) is 0. The summed E-state index contributed by atoms with van der Waals surface area (Å²) in [5.41, 5.74) is 0. The molecule has 0 aromatic carbocycles. The maximum Gasteiger partial charge on any atom is 4.00 e. The molecule has 0 aromatic rings. The standard InChI is InChI=1S/4FO2Si.Ge/c4*1-4(2)3;/q4*-1;+4. The normalized spacial score (nSPS) is 5.88. The minimum atomic E-state index is -3.88. The molecule has 0 fully saturated rings. The zero-order chi connectivity index (χ0) is 14.3. The van der Waals surface area contributed by atoms with Crippen LogP contribution in [-0.2, 0) is 17.8 Å². The van der Waals surface area contributed by atoms with Gasteiger partial charge in [-0.05, 0) is 0 Å². The Labute approximate surface area is 108 Å². The zero-order valence-electron chi connectivity index (χ0n) is 7.28. The van der Waals surface area contributed by atoms with E-state index in [9.17, 15) is 16.4 Å². The van der Waals surface area contributed by atoms with Gasteiger partial charge in [0.05, 0.1) is 0 Å². The molecule has 0 aromatic heterocycles. The molecule has 0 saturated carbocycles. The van der Waals surface area contributed by atoms with Gasteiger partial charge in [-0.1, -0.05) is 0 Å². The van der Waals surface area contributed by atoms with Gasteiger partial charge in [0.15, 0.2) is 0 Å². The van der Waals surface area contributed by atoms with E-state index in [1.807, 2.05) is 0 Å². The fourth-order valence-corrected chi connectivity index (χ4v) is 0. The van der Waals surface area contributed by atoms with Crippen molar-refractivity contribution in [1.82, 2.24) is 0 Å². The predicted octanol–water partition coefficient (Wildman–Crippen LogP) is -5.45. The average molecular weight is 389 g/mol. The second-order valence-corrected chi connectivity index (χ2v) is 2.85. The first kappa shape index (κ1) is 30.0. The fraction of sp³-hybridized carbons (Fsp3) is 0. The molecule has 0 heterocycles. The molecule has 0 N–H and O–H groups in total. The van der Waals surface area contributed by atoms with Crippen LogP contribution in [0.5, 0.6) is 0 Å². The van der Waals surface area contributed by atoms with E-state index in [1.165, 1.54) is 0 Å². The molecule has 0 unspecified atom stereocenters. The monoisotopic (exact) mass is 390 g/mol. The van der Waals surface area contributed by atoms with Crippen LogP contribution in [0.15, 0.2) is 0 Å². The molecular formula is F4GeO8Si4. The van der Waals surface area contributed by atoms with Gasteiger partial charge < -0.3 is 37.0 Å². The van der Waals surface area contributed by atoms with Crippen LogP contribution in [0.1, 0.15) is 0 Å². The van der Waals surface area contributed by atoms with Crippen molar-refractivity contribution in [3.63, 3.8) is 0 Å². The van der Waals surface area contributed by atoms with Crippen molar-refractivity contribution in [3.8, 4) is 0 Å². The topological polar surface area (TPSA) is 161 Å². The van der Waals surface area contributed by atoms with Gasteiger partial charge in [0.25, 0.3) is 0 Å². The van der Waals surface area contributed by atoms with E-state index in [1.54, 1.807) is 0 Å². The minimum Gasteiger partial charge on any atom is -0.560 e. The Morgan fingerprint density at radius 2 is 0.529 bits per heavy atom. The van der Waals surface area contributed by atoms with Gasteiger partial charge in [-0.25, -0.2) is 0 Å². The summed E-state index contributed by atoms with van der Waals surface area (Å²) in [6.45, 7) is 0. The number of hydrogen-bond acceptors (Lipinski definition) is 8. The minimum absolute atomic E-state index is 0. The Morgan fingerprint density at radius 3 is 0.529 bits per heavy atom. The van der Waals surface area contributed by atoms with Crippen LogP contribution in [0.2, 0.25) is 0 Å². The second kappa shape index (κ2) is 24.7.